The second-order valence-corrected chi connectivity index (χ2v) is 13.1. The number of nitrogens with one attached hydrogen (secondary N) is 1. The molecule has 2 fully saturated rings. The van der Waals surface area contributed by atoms with Gasteiger partial charge in [0.15, 0.2) is 11.0 Å². The van der Waals surface area contributed by atoms with Crippen LogP contribution < -0.4 is 15.0 Å². The summed E-state index contributed by atoms with van der Waals surface area (Å²) < 4.78 is 42.8. The largest absolute Gasteiger partial charge is 0.573 e. The van der Waals surface area contributed by atoms with Gasteiger partial charge in [0.25, 0.3) is 0 Å². The predicted molar refractivity (Wildman–Crippen MR) is 175 cm³/mol. The number of nitrogens with zero attached hydrogens (tertiary/aromatic N) is 5. The summed E-state index contributed by atoms with van der Waals surface area (Å²) in [7, 11) is 0. The monoisotopic (exact) mass is 648 g/mol. The van der Waals surface area contributed by atoms with E-state index in [0.29, 0.717) is 17.4 Å². The van der Waals surface area contributed by atoms with Gasteiger partial charge in [0, 0.05) is 35.0 Å². The van der Waals surface area contributed by atoms with Crippen molar-refractivity contribution in [3.63, 3.8) is 0 Å². The van der Waals surface area contributed by atoms with Gasteiger partial charge in [-0.05, 0) is 79.6 Å². The molecular weight excluding hydrogens is 613 g/mol. The average molecular weight is 649 g/mol. The van der Waals surface area contributed by atoms with Gasteiger partial charge in [-0.2, -0.15) is 4.99 Å². The summed E-state index contributed by atoms with van der Waals surface area (Å²) in [6, 6.07) is 19.7. The number of amidine groups is 1. The second-order valence-electron chi connectivity index (χ2n) is 12.0. The third-order valence-corrected chi connectivity index (χ3v) is 9.19. The molecule has 3 aromatic carbocycles. The number of aliphatic imine (C=N–C) groups is 1. The first kappa shape index (κ1) is 31.7. The number of hydrogen-bond acceptors (Lipinski definition) is 5. The Morgan fingerprint density at radius 2 is 1.83 bits per heavy atom. The molecule has 2 aliphatic rings. The lowest BCUT2D eigenvalue weighted by Gasteiger charge is -2.37. The maximum absolute atomic E-state index is 13.1. The van der Waals surface area contributed by atoms with Crippen molar-refractivity contribution >= 4 is 28.6 Å². The summed E-state index contributed by atoms with van der Waals surface area (Å²) in [6.07, 6.45) is -1.39. The van der Waals surface area contributed by atoms with Crippen LogP contribution in [-0.4, -0.2) is 50.2 Å². The zero-order valence-corrected chi connectivity index (χ0v) is 26.8. The summed E-state index contributed by atoms with van der Waals surface area (Å²) in [4.78, 5) is 24.3. The minimum atomic E-state index is -4.75. The summed E-state index contributed by atoms with van der Waals surface area (Å²) in [5.41, 5.74) is 5.99. The maximum atomic E-state index is 13.1. The number of urea groups is 1. The molecule has 1 aromatic heterocycles. The lowest BCUT2D eigenvalue weighted by Crippen LogP contribution is -2.43. The Balaban J connectivity index is 1.09. The van der Waals surface area contributed by atoms with Crippen LogP contribution in [0.15, 0.2) is 78.0 Å². The van der Waals surface area contributed by atoms with E-state index >= 15 is 0 Å². The number of benzene rings is 3. The quantitative estimate of drug-likeness (QED) is 0.217. The number of ether oxygens (including phenoxy) is 1. The van der Waals surface area contributed by atoms with E-state index in [4.69, 9.17) is 0 Å². The van der Waals surface area contributed by atoms with Crippen molar-refractivity contribution in [2.45, 2.75) is 70.8 Å². The summed E-state index contributed by atoms with van der Waals surface area (Å²) in [5.74, 6) is 1.64. The van der Waals surface area contributed by atoms with Crippen molar-refractivity contribution in [1.82, 2.24) is 20.1 Å². The number of anilines is 1. The molecule has 8 nitrogen and oxygen atoms in total. The van der Waals surface area contributed by atoms with E-state index < -0.39 is 6.36 Å². The molecule has 0 radical (unpaired) electrons. The van der Waals surface area contributed by atoms with Gasteiger partial charge in [0.05, 0.1) is 5.69 Å². The number of thioether (sulfide) groups is 1. The zero-order chi connectivity index (χ0) is 32.6. The van der Waals surface area contributed by atoms with Crippen LogP contribution in [0.4, 0.5) is 23.7 Å². The number of alkyl halides is 3. The highest BCUT2D eigenvalue weighted by Crippen LogP contribution is 2.41. The molecule has 4 aromatic rings. The Bertz CT molecular complexity index is 1740. The summed E-state index contributed by atoms with van der Waals surface area (Å²) >= 11 is 1.63. The summed E-state index contributed by atoms with van der Waals surface area (Å²) in [5, 5.41) is 8.32. The van der Waals surface area contributed by atoms with E-state index in [2.05, 4.69) is 75.9 Å². The topological polar surface area (TPSA) is 84.6 Å². The molecule has 0 bridgehead atoms. The van der Waals surface area contributed by atoms with E-state index in [1.54, 1.807) is 11.8 Å². The van der Waals surface area contributed by atoms with Crippen LogP contribution in [0.5, 0.6) is 5.75 Å². The number of carbonyl (C=O) groups excluding carboxylic acids is 1. The van der Waals surface area contributed by atoms with Gasteiger partial charge in [-0.1, -0.05) is 62.0 Å². The third-order valence-electron chi connectivity index (χ3n) is 8.20. The van der Waals surface area contributed by atoms with Gasteiger partial charge in [-0.25, -0.2) is 14.5 Å². The third kappa shape index (κ3) is 7.22. The first-order valence-electron chi connectivity index (χ1n) is 15.2. The van der Waals surface area contributed by atoms with Crippen molar-refractivity contribution in [3.05, 3.63) is 89.7 Å². The number of amides is 2. The van der Waals surface area contributed by atoms with Gasteiger partial charge < -0.3 is 15.0 Å². The number of aromatic nitrogens is 3. The molecule has 6 rings (SSSR count). The van der Waals surface area contributed by atoms with Gasteiger partial charge in [-0.3, -0.25) is 0 Å². The smallest absolute Gasteiger partial charge is 0.406 e. The fourth-order valence-corrected chi connectivity index (χ4v) is 6.89. The molecule has 1 aliphatic carbocycles. The Morgan fingerprint density at radius 1 is 1.09 bits per heavy atom. The standard InChI is InChI=1S/C34H35F3N6O2S/c1-20(2)27-14-5-21(3)17-30(27)43-22(4)15-16-46-33(43)40-32(44)39-29-18-28(29)23-6-8-24(9-7-23)31-38-19-42(41-31)25-10-12-26(13-11-25)45-34(35,36)37/h5-14,17,19-20,22,28-29H,15-16,18H2,1-4H3,(H,39,44)/b40-33-. The summed E-state index contributed by atoms with van der Waals surface area (Å²) in [6.45, 7) is 8.65. The minimum absolute atomic E-state index is 0.00832. The molecule has 3 unspecified atom stereocenters. The Kier molecular flexibility index (Phi) is 8.82. The highest BCUT2D eigenvalue weighted by Gasteiger charge is 2.40. The molecule has 2 amide bonds. The maximum Gasteiger partial charge on any atom is 0.573 e. The number of aryl methyl sites for hydroxylation is 1. The minimum Gasteiger partial charge on any atom is -0.406 e. The molecule has 3 atom stereocenters. The number of halogens is 3. The van der Waals surface area contributed by atoms with Crippen LogP contribution in [0.3, 0.4) is 0 Å². The molecule has 1 aliphatic heterocycles. The molecule has 240 valence electrons. The Hall–Kier alpha value is -4.32. The van der Waals surface area contributed by atoms with Crippen molar-refractivity contribution in [2.75, 3.05) is 10.7 Å². The SMILES string of the molecule is Cc1ccc(C(C)C)c(N2/C(=N/C(=O)NC3CC3c3ccc(-c4ncn(-c5ccc(OC(F)(F)F)cc5)n4)cc3)SCCC2C)c1. The molecular formula is C34H35F3N6O2S. The first-order valence-corrected chi connectivity index (χ1v) is 16.2. The lowest BCUT2D eigenvalue weighted by atomic mass is 9.98. The first-order chi connectivity index (χ1) is 21.9. The van der Waals surface area contributed by atoms with Gasteiger partial charge in [-0.15, -0.1) is 18.3 Å². The van der Waals surface area contributed by atoms with Crippen LogP contribution in [0.25, 0.3) is 17.1 Å². The van der Waals surface area contributed by atoms with E-state index in [9.17, 15) is 18.0 Å². The van der Waals surface area contributed by atoms with Crippen molar-refractivity contribution in [2.24, 2.45) is 4.99 Å². The van der Waals surface area contributed by atoms with E-state index in [1.807, 2.05) is 24.3 Å². The van der Waals surface area contributed by atoms with E-state index in [0.717, 1.165) is 40.6 Å². The van der Waals surface area contributed by atoms with Crippen molar-refractivity contribution < 1.29 is 22.7 Å². The molecule has 2 heterocycles. The van der Waals surface area contributed by atoms with Crippen molar-refractivity contribution in [1.29, 1.82) is 0 Å². The number of carbonyl (C=O) groups is 1. The molecule has 1 saturated heterocycles. The Morgan fingerprint density at radius 3 is 2.52 bits per heavy atom. The number of hydrogen-bond donors (Lipinski definition) is 1. The van der Waals surface area contributed by atoms with Crippen LogP contribution in [0.1, 0.15) is 62.1 Å². The molecule has 0 spiro atoms. The fraction of sp³-hybridized carbons (Fsp3) is 0.353. The van der Waals surface area contributed by atoms with Gasteiger partial charge in [0.2, 0.25) is 0 Å². The molecule has 12 heteroatoms. The second kappa shape index (κ2) is 12.8. The highest BCUT2D eigenvalue weighted by atomic mass is 32.2. The Labute approximate surface area is 270 Å². The van der Waals surface area contributed by atoms with E-state index in [-0.39, 0.29) is 29.8 Å². The van der Waals surface area contributed by atoms with Crippen molar-refractivity contribution in [3.8, 4) is 22.8 Å². The molecule has 46 heavy (non-hydrogen) atoms. The van der Waals surface area contributed by atoms with Gasteiger partial charge >= 0.3 is 12.4 Å². The number of rotatable bonds is 7. The fourth-order valence-electron chi connectivity index (χ4n) is 5.69. The van der Waals surface area contributed by atoms with Gasteiger partial charge in [0.1, 0.15) is 12.1 Å². The van der Waals surface area contributed by atoms with Crippen LogP contribution in [0, 0.1) is 6.92 Å². The molecule has 1 saturated carbocycles. The van der Waals surface area contributed by atoms with Crippen LogP contribution in [0.2, 0.25) is 0 Å². The highest BCUT2D eigenvalue weighted by molar-refractivity contribution is 8.14. The predicted octanol–water partition coefficient (Wildman–Crippen LogP) is 8.22. The van der Waals surface area contributed by atoms with Crippen LogP contribution >= 0.6 is 11.8 Å². The average Bonchev–Trinajstić information content (AvgIpc) is 3.58. The van der Waals surface area contributed by atoms with E-state index in [1.165, 1.54) is 46.4 Å². The molecule has 1 N–H and O–H groups in total. The normalized spacial score (nSPS) is 20.7. The zero-order valence-electron chi connectivity index (χ0n) is 26.0. The van der Waals surface area contributed by atoms with Crippen LogP contribution in [-0.2, 0) is 0 Å². The lowest BCUT2D eigenvalue weighted by molar-refractivity contribution is -0.274.